The molecule has 0 aromatic carbocycles. The molecule has 7 atom stereocenters. The summed E-state index contributed by atoms with van der Waals surface area (Å²) in [7, 11) is 1.24. The molecule has 2 aromatic heterocycles. The van der Waals surface area contributed by atoms with Crippen LogP contribution in [0.4, 0.5) is 0 Å². The molecule has 2 aliphatic rings. The van der Waals surface area contributed by atoms with E-state index in [2.05, 4.69) is 15.1 Å². The van der Waals surface area contributed by atoms with Crippen molar-refractivity contribution in [2.24, 2.45) is 5.92 Å². The van der Waals surface area contributed by atoms with Crippen LogP contribution in [0.3, 0.4) is 0 Å². The number of rotatable bonds is 12. The lowest BCUT2D eigenvalue weighted by Crippen LogP contribution is -2.42. The lowest BCUT2D eigenvalue weighted by atomic mass is 10.1. The predicted molar refractivity (Wildman–Crippen MR) is 160 cm³/mol. The van der Waals surface area contributed by atoms with Crippen LogP contribution in [0, 0.1) is 19.8 Å². The second-order valence-electron chi connectivity index (χ2n) is 10.8. The van der Waals surface area contributed by atoms with E-state index in [1.165, 1.54) is 35.6 Å². The van der Waals surface area contributed by atoms with E-state index in [1.807, 2.05) is 0 Å². The molecule has 44 heavy (non-hydrogen) atoms. The summed E-state index contributed by atoms with van der Waals surface area (Å²) < 4.78 is 31.6. The first-order chi connectivity index (χ1) is 20.7. The summed E-state index contributed by atoms with van der Waals surface area (Å²) in [5.74, 6) is -0.885. The van der Waals surface area contributed by atoms with Crippen LogP contribution in [0.2, 0.25) is 0 Å². The fraction of sp³-hybridized carbons (Fsp3) is 0.577. The average molecular weight is 658 g/mol. The number of ether oxygens (including phenoxy) is 3. The van der Waals surface area contributed by atoms with Gasteiger partial charge in [0, 0.05) is 29.9 Å². The zero-order valence-electron chi connectivity index (χ0n) is 24.8. The number of nitrogens with one attached hydrogen (secondary N) is 3. The Morgan fingerprint density at radius 1 is 1.09 bits per heavy atom. The van der Waals surface area contributed by atoms with Gasteiger partial charge in [-0.2, -0.15) is 0 Å². The third kappa shape index (κ3) is 7.61. The first-order valence-electron chi connectivity index (χ1n) is 13.8. The van der Waals surface area contributed by atoms with Gasteiger partial charge in [-0.3, -0.25) is 33.5 Å². The Hall–Kier alpha value is -3.02. The molecule has 0 saturated carbocycles. The van der Waals surface area contributed by atoms with Crippen molar-refractivity contribution in [3.05, 3.63) is 77.3 Å². The highest BCUT2D eigenvalue weighted by Crippen LogP contribution is 2.50. The molecule has 0 aliphatic carbocycles. The molecule has 0 spiro atoms. The number of nitrogens with zero attached hydrogens (tertiary/aromatic N) is 2. The fourth-order valence-electron chi connectivity index (χ4n) is 4.68. The molecule has 1 unspecified atom stereocenters. The van der Waals surface area contributed by atoms with Crippen molar-refractivity contribution in [2.75, 3.05) is 20.3 Å². The quantitative estimate of drug-likeness (QED) is 0.133. The van der Waals surface area contributed by atoms with Gasteiger partial charge in [0.1, 0.15) is 24.5 Å². The molecular formula is C26H36N5O11PS. The molecule has 0 radical (unpaired) electrons. The molecule has 4 N–H and O–H groups in total. The lowest BCUT2D eigenvalue weighted by molar-refractivity contribution is -0.143. The van der Waals surface area contributed by atoms with Crippen molar-refractivity contribution in [2.45, 2.75) is 70.9 Å². The van der Waals surface area contributed by atoms with Crippen LogP contribution in [0.15, 0.2) is 43.7 Å². The van der Waals surface area contributed by atoms with E-state index < -0.39 is 78.5 Å². The molecule has 0 bridgehead atoms. The molecule has 4 rings (SSSR count). The number of carbonyl (C=O) groups is 1. The molecule has 18 heteroatoms. The summed E-state index contributed by atoms with van der Waals surface area (Å²) in [5.41, 5.74) is -1.76. The summed E-state index contributed by atoms with van der Waals surface area (Å²) in [5, 5.41) is 13.1. The van der Waals surface area contributed by atoms with Crippen molar-refractivity contribution in [3.8, 4) is 0 Å². The minimum atomic E-state index is -3.60. The maximum Gasteiger partial charge on any atom is 0.330 e. The zero-order valence-corrected chi connectivity index (χ0v) is 26.5. The summed E-state index contributed by atoms with van der Waals surface area (Å²) >= 11 is 5.85. The van der Waals surface area contributed by atoms with E-state index in [0.29, 0.717) is 5.56 Å². The van der Waals surface area contributed by atoms with Gasteiger partial charge >= 0.3 is 17.3 Å². The van der Waals surface area contributed by atoms with Gasteiger partial charge in [0.15, 0.2) is 6.23 Å². The largest absolute Gasteiger partial charge is 0.468 e. The van der Waals surface area contributed by atoms with Gasteiger partial charge in [-0.1, -0.05) is 19.9 Å². The number of H-pyrrole nitrogens is 2. The van der Waals surface area contributed by atoms with Gasteiger partial charge in [0.05, 0.1) is 26.4 Å². The smallest absolute Gasteiger partial charge is 0.330 e. The Bertz CT molecular complexity index is 1680. The number of hydrogen-bond acceptors (Lipinski definition) is 12. The number of aryl methyl sites for hydroxylation is 2. The third-order valence-corrected chi connectivity index (χ3v) is 9.67. The Morgan fingerprint density at radius 2 is 1.70 bits per heavy atom. The normalized spacial score (nSPS) is 25.3. The number of esters is 1. The van der Waals surface area contributed by atoms with E-state index in [1.54, 1.807) is 32.9 Å². The maximum absolute atomic E-state index is 12.6. The number of hydrogen-bond donors (Lipinski definition) is 4. The Labute approximate surface area is 256 Å². The summed E-state index contributed by atoms with van der Waals surface area (Å²) in [6.45, 7) is 2.43. The second kappa shape index (κ2) is 14.0. The van der Waals surface area contributed by atoms with E-state index in [9.17, 15) is 29.1 Å². The van der Waals surface area contributed by atoms with E-state index >= 15 is 0 Å². The van der Waals surface area contributed by atoms with Crippen molar-refractivity contribution in [3.63, 3.8) is 0 Å². The molecule has 16 nitrogen and oxygen atoms in total. The van der Waals surface area contributed by atoms with E-state index in [4.69, 9.17) is 35.1 Å². The highest BCUT2D eigenvalue weighted by Gasteiger charge is 2.42. The van der Waals surface area contributed by atoms with Crippen molar-refractivity contribution in [1.29, 1.82) is 0 Å². The minimum Gasteiger partial charge on any atom is -0.468 e. The van der Waals surface area contributed by atoms with Gasteiger partial charge in [-0.15, -0.1) is 0 Å². The summed E-state index contributed by atoms with van der Waals surface area (Å²) in [6, 6.07) is -0.920. The number of aliphatic hydroxyl groups excluding tert-OH is 1. The number of aromatic amines is 2. The molecule has 0 amide bonds. The second-order valence-corrected chi connectivity index (χ2v) is 13.9. The average Bonchev–Trinajstić information content (AvgIpc) is 3.61. The van der Waals surface area contributed by atoms with Gasteiger partial charge < -0.3 is 28.4 Å². The first-order valence-corrected chi connectivity index (χ1v) is 16.4. The van der Waals surface area contributed by atoms with Crippen LogP contribution in [0.25, 0.3) is 0 Å². The van der Waals surface area contributed by atoms with Gasteiger partial charge in [0.2, 0.25) is 0 Å². The van der Waals surface area contributed by atoms with Crippen molar-refractivity contribution in [1.82, 2.24) is 24.2 Å². The summed E-state index contributed by atoms with van der Waals surface area (Å²) in [6.07, 6.45) is 1.86. The molecule has 4 heterocycles. The minimum absolute atomic E-state index is 0.0565. The van der Waals surface area contributed by atoms with Crippen LogP contribution in [0.5, 0.6) is 0 Å². The van der Waals surface area contributed by atoms with Crippen molar-refractivity contribution < 1.29 is 33.2 Å². The van der Waals surface area contributed by atoms with Crippen molar-refractivity contribution >= 4 is 24.4 Å². The van der Waals surface area contributed by atoms with Gasteiger partial charge in [-0.05, 0) is 37.6 Å². The van der Waals surface area contributed by atoms with Crippen LogP contribution >= 0.6 is 6.64 Å². The maximum atomic E-state index is 12.6. The lowest BCUT2D eigenvalue weighted by Gasteiger charge is -2.32. The topological polar surface area (TPSA) is 205 Å². The third-order valence-electron chi connectivity index (χ3n) is 7.14. The highest BCUT2D eigenvalue weighted by atomic mass is 32.5. The Kier molecular flexibility index (Phi) is 10.7. The number of methoxy groups -OCH3 is 1. The summed E-state index contributed by atoms with van der Waals surface area (Å²) in [4.78, 5) is 65.5. The standard InChI is InChI=1S/C26H36N5O11PS/c1-13(2)21(24(35)38-5)29-43(44,39-12-16-6-7-19(40-16)30-9-14(3)22(33)27-25(30)36)42-17-8-20(41-18(17)11-32)31-10-15(4)23(34)28-26(31)37/h6-7,9-10,13,16-21,32H,8,11-12H2,1-5H3,(H,29,44)(H,27,33,36)(H,28,34,37)/t16-,17-,18+,19+,20+,21-,43?/m0/s1. The molecule has 1 saturated heterocycles. The predicted octanol–water partition coefficient (Wildman–Crippen LogP) is -0.149. The van der Waals surface area contributed by atoms with Crippen LogP contribution in [-0.4, -0.2) is 74.9 Å². The van der Waals surface area contributed by atoms with Gasteiger partial charge in [0.25, 0.3) is 17.8 Å². The van der Waals surface area contributed by atoms with Crippen LogP contribution in [0.1, 0.15) is 43.9 Å². The number of carbonyl (C=O) groups excluding carboxylic acids is 1. The number of aromatic nitrogens is 4. The number of aliphatic hydroxyl groups is 1. The zero-order chi connectivity index (χ0) is 32.3. The molecule has 242 valence electrons. The first kappa shape index (κ1) is 33.9. The Morgan fingerprint density at radius 3 is 2.30 bits per heavy atom. The highest BCUT2D eigenvalue weighted by molar-refractivity contribution is 8.09. The molecule has 1 fully saturated rings. The Balaban J connectivity index is 1.55. The SMILES string of the molecule is COC(=O)[C@@H](NP(=S)(OC[C@@H]1C=C[C@H](n2cc(C)c(=O)[nH]c2=O)O1)O[C@H]1C[C@H](n2cc(C)c(=O)[nH]c2=O)O[C@@H]1CO)C(C)C. The van der Waals surface area contributed by atoms with Crippen LogP contribution in [-0.2, 0) is 39.9 Å². The molecular weight excluding hydrogens is 621 g/mol. The van der Waals surface area contributed by atoms with E-state index in [-0.39, 0.29) is 24.5 Å². The fourth-order valence-corrected chi connectivity index (χ4v) is 7.40. The molecule has 2 aromatic rings. The van der Waals surface area contributed by atoms with Crippen LogP contribution < -0.4 is 27.6 Å². The monoisotopic (exact) mass is 657 g/mol. The van der Waals surface area contributed by atoms with E-state index in [0.717, 1.165) is 0 Å². The molecule has 2 aliphatic heterocycles. The van der Waals surface area contributed by atoms with Gasteiger partial charge in [-0.25, -0.2) is 14.7 Å².